The highest BCUT2D eigenvalue weighted by atomic mass is 16.3. The number of carbonyl (C=O) groups is 1. The summed E-state index contributed by atoms with van der Waals surface area (Å²) in [5.41, 5.74) is 2.61. The first kappa shape index (κ1) is 16.7. The van der Waals surface area contributed by atoms with Crippen molar-refractivity contribution in [3.05, 3.63) is 88.8 Å². The van der Waals surface area contributed by atoms with Crippen LogP contribution in [0.15, 0.2) is 76.1 Å². The van der Waals surface area contributed by atoms with Gasteiger partial charge in [-0.1, -0.05) is 24.3 Å². The number of para-hydroxylation sites is 1. The van der Waals surface area contributed by atoms with Crippen molar-refractivity contribution in [2.24, 2.45) is 0 Å². The Balaban J connectivity index is 1.51. The van der Waals surface area contributed by atoms with Crippen LogP contribution < -0.4 is 11.0 Å². The molecular weight excluding hydrogens is 342 g/mol. The summed E-state index contributed by atoms with van der Waals surface area (Å²) >= 11 is 0. The van der Waals surface area contributed by atoms with Gasteiger partial charge in [-0.2, -0.15) is 0 Å². The first-order chi connectivity index (χ1) is 13.1. The van der Waals surface area contributed by atoms with Gasteiger partial charge in [-0.15, -0.1) is 0 Å². The van der Waals surface area contributed by atoms with E-state index in [-0.39, 0.29) is 11.6 Å². The smallest absolute Gasteiger partial charge is 0.330 e. The van der Waals surface area contributed by atoms with Gasteiger partial charge in [-0.25, -0.2) is 4.79 Å². The second-order valence-electron chi connectivity index (χ2n) is 6.13. The molecule has 0 fully saturated rings. The lowest BCUT2D eigenvalue weighted by Gasteiger charge is -2.07. The molecule has 0 aliphatic carbocycles. The van der Waals surface area contributed by atoms with Crippen LogP contribution in [0.1, 0.15) is 11.5 Å². The number of amides is 1. The average Bonchev–Trinajstić information content (AvgIpc) is 3.22. The third-order valence-corrected chi connectivity index (χ3v) is 4.18. The number of hydrogen-bond donors (Lipinski definition) is 2. The van der Waals surface area contributed by atoms with E-state index < -0.39 is 0 Å². The zero-order valence-electron chi connectivity index (χ0n) is 14.6. The van der Waals surface area contributed by atoms with Gasteiger partial charge in [0.25, 0.3) is 0 Å². The standard InChI is InChI=1S/C21H17N3O3/c1-14-13-22-21(26)24(14)17-7-4-6-16(12-17)23-20(25)10-9-18-11-15-5-2-3-8-19(15)27-18/h2-13H,1H3,(H,22,26)(H,23,25)/b10-9+. The number of nitrogens with one attached hydrogen (secondary N) is 2. The molecular formula is C21H17N3O3. The van der Waals surface area contributed by atoms with Crippen molar-refractivity contribution in [1.29, 1.82) is 0 Å². The van der Waals surface area contributed by atoms with Gasteiger partial charge in [-0.05, 0) is 43.3 Å². The molecule has 0 aliphatic heterocycles. The van der Waals surface area contributed by atoms with Crippen molar-refractivity contribution in [2.75, 3.05) is 5.32 Å². The van der Waals surface area contributed by atoms with E-state index in [1.165, 1.54) is 6.08 Å². The zero-order valence-corrected chi connectivity index (χ0v) is 14.6. The van der Waals surface area contributed by atoms with Crippen LogP contribution in [0, 0.1) is 6.92 Å². The van der Waals surface area contributed by atoms with Crippen molar-refractivity contribution in [1.82, 2.24) is 9.55 Å². The van der Waals surface area contributed by atoms with E-state index in [1.54, 1.807) is 35.0 Å². The van der Waals surface area contributed by atoms with E-state index >= 15 is 0 Å². The minimum Gasteiger partial charge on any atom is -0.457 e. The Morgan fingerprint density at radius 1 is 1.15 bits per heavy atom. The van der Waals surface area contributed by atoms with Crippen LogP contribution in [0.5, 0.6) is 0 Å². The number of hydrogen-bond acceptors (Lipinski definition) is 3. The Labute approximate surface area is 154 Å². The van der Waals surface area contributed by atoms with Crippen molar-refractivity contribution in [2.45, 2.75) is 6.92 Å². The number of carbonyl (C=O) groups excluding carboxylic acids is 1. The maximum absolute atomic E-state index is 12.2. The van der Waals surface area contributed by atoms with E-state index in [9.17, 15) is 9.59 Å². The minimum absolute atomic E-state index is 0.222. The molecule has 6 heteroatoms. The fraction of sp³-hybridized carbons (Fsp3) is 0.0476. The molecule has 2 N–H and O–H groups in total. The van der Waals surface area contributed by atoms with E-state index in [1.807, 2.05) is 43.3 Å². The number of benzene rings is 2. The van der Waals surface area contributed by atoms with Crippen LogP contribution in [0.4, 0.5) is 5.69 Å². The molecule has 6 nitrogen and oxygen atoms in total. The zero-order chi connectivity index (χ0) is 18.8. The Morgan fingerprint density at radius 3 is 2.78 bits per heavy atom. The van der Waals surface area contributed by atoms with Crippen LogP contribution in [0.3, 0.4) is 0 Å². The predicted octanol–water partition coefficient (Wildman–Crippen LogP) is 3.87. The normalized spacial score (nSPS) is 11.3. The van der Waals surface area contributed by atoms with E-state index in [4.69, 9.17) is 4.42 Å². The number of furan rings is 1. The van der Waals surface area contributed by atoms with Gasteiger partial charge in [0.2, 0.25) is 5.91 Å². The summed E-state index contributed by atoms with van der Waals surface area (Å²) in [6.45, 7) is 1.83. The second kappa shape index (κ2) is 6.84. The molecule has 4 aromatic rings. The van der Waals surface area contributed by atoms with Crippen LogP contribution in [0.25, 0.3) is 22.7 Å². The molecule has 0 bridgehead atoms. The van der Waals surface area contributed by atoms with Gasteiger partial charge in [0.15, 0.2) is 0 Å². The summed E-state index contributed by atoms with van der Waals surface area (Å²) in [7, 11) is 0. The van der Waals surface area contributed by atoms with Crippen LogP contribution >= 0.6 is 0 Å². The number of H-pyrrole nitrogens is 1. The largest absolute Gasteiger partial charge is 0.457 e. The van der Waals surface area contributed by atoms with E-state index in [0.29, 0.717) is 17.1 Å². The van der Waals surface area contributed by atoms with Crippen molar-refractivity contribution in [3.8, 4) is 5.69 Å². The summed E-state index contributed by atoms with van der Waals surface area (Å²) < 4.78 is 7.20. The number of aryl methyl sites for hydroxylation is 1. The number of anilines is 1. The molecule has 0 saturated carbocycles. The molecule has 0 saturated heterocycles. The monoisotopic (exact) mass is 359 g/mol. The lowest BCUT2D eigenvalue weighted by Crippen LogP contribution is -2.16. The number of imidazole rings is 1. The molecule has 0 radical (unpaired) electrons. The van der Waals surface area contributed by atoms with Gasteiger partial charge in [0.05, 0.1) is 5.69 Å². The van der Waals surface area contributed by atoms with Gasteiger partial charge >= 0.3 is 5.69 Å². The van der Waals surface area contributed by atoms with Crippen molar-refractivity contribution < 1.29 is 9.21 Å². The maximum atomic E-state index is 12.2. The fourth-order valence-electron chi connectivity index (χ4n) is 2.93. The molecule has 134 valence electrons. The van der Waals surface area contributed by atoms with Crippen molar-refractivity contribution in [3.63, 3.8) is 0 Å². The lowest BCUT2D eigenvalue weighted by atomic mass is 10.2. The molecule has 0 atom stereocenters. The van der Waals surface area contributed by atoms with Gasteiger partial charge < -0.3 is 14.7 Å². The Morgan fingerprint density at radius 2 is 2.00 bits per heavy atom. The first-order valence-corrected chi connectivity index (χ1v) is 8.45. The van der Waals surface area contributed by atoms with Gasteiger partial charge in [-0.3, -0.25) is 9.36 Å². The number of rotatable bonds is 4. The van der Waals surface area contributed by atoms with Crippen LogP contribution in [-0.4, -0.2) is 15.5 Å². The molecule has 27 heavy (non-hydrogen) atoms. The summed E-state index contributed by atoms with van der Waals surface area (Å²) in [5, 5.41) is 3.78. The van der Waals surface area contributed by atoms with Crippen molar-refractivity contribution >= 4 is 28.6 Å². The quantitative estimate of drug-likeness (QED) is 0.543. The lowest BCUT2D eigenvalue weighted by molar-refractivity contribution is -0.111. The number of nitrogens with zero attached hydrogens (tertiary/aromatic N) is 1. The molecule has 0 unspecified atom stereocenters. The fourth-order valence-corrected chi connectivity index (χ4v) is 2.93. The maximum Gasteiger partial charge on any atom is 0.330 e. The molecule has 2 aromatic carbocycles. The summed E-state index contributed by atoms with van der Waals surface area (Å²) in [6.07, 6.45) is 4.68. The Bertz CT molecular complexity index is 1180. The highest BCUT2D eigenvalue weighted by molar-refractivity contribution is 6.02. The molecule has 2 heterocycles. The topological polar surface area (TPSA) is 80.0 Å². The molecule has 4 rings (SSSR count). The van der Waals surface area contributed by atoms with E-state index in [2.05, 4.69) is 10.3 Å². The first-order valence-electron chi connectivity index (χ1n) is 8.45. The number of fused-ring (bicyclic) bond motifs is 1. The third-order valence-electron chi connectivity index (χ3n) is 4.18. The third kappa shape index (κ3) is 3.46. The van der Waals surface area contributed by atoms with Crippen LogP contribution in [0.2, 0.25) is 0 Å². The van der Waals surface area contributed by atoms with Crippen LogP contribution in [-0.2, 0) is 4.79 Å². The molecule has 0 spiro atoms. The van der Waals surface area contributed by atoms with E-state index in [0.717, 1.165) is 16.7 Å². The number of aromatic nitrogens is 2. The average molecular weight is 359 g/mol. The molecule has 2 aromatic heterocycles. The minimum atomic E-state index is -0.286. The highest BCUT2D eigenvalue weighted by Crippen LogP contribution is 2.20. The number of aromatic amines is 1. The summed E-state index contributed by atoms with van der Waals surface area (Å²) in [4.78, 5) is 26.8. The highest BCUT2D eigenvalue weighted by Gasteiger charge is 2.07. The van der Waals surface area contributed by atoms with Gasteiger partial charge in [0, 0.05) is 29.0 Å². The molecule has 0 aliphatic rings. The SMILES string of the molecule is Cc1c[nH]c(=O)n1-c1cccc(NC(=O)/C=C/c2cc3ccccc3o2)c1. The summed E-state index contributed by atoms with van der Waals surface area (Å²) in [5.74, 6) is 0.320. The second-order valence-corrected chi connectivity index (χ2v) is 6.13. The Hall–Kier alpha value is -3.80. The molecule has 1 amide bonds. The Kier molecular flexibility index (Phi) is 4.22. The van der Waals surface area contributed by atoms with Gasteiger partial charge in [0.1, 0.15) is 11.3 Å². The predicted molar refractivity (Wildman–Crippen MR) is 105 cm³/mol. The summed E-state index contributed by atoms with van der Waals surface area (Å²) in [6, 6.07) is 16.6.